The van der Waals surface area contributed by atoms with Crippen LogP contribution < -0.4 is 4.74 Å². The summed E-state index contributed by atoms with van der Waals surface area (Å²) < 4.78 is 11.1. The number of fused-ring (bicyclic) bond motifs is 2. The van der Waals surface area contributed by atoms with Gasteiger partial charge in [0.05, 0.1) is 13.7 Å². The first-order chi connectivity index (χ1) is 14.5. The van der Waals surface area contributed by atoms with Gasteiger partial charge < -0.3 is 9.47 Å². The Morgan fingerprint density at radius 1 is 1.23 bits per heavy atom. The molecule has 2 heterocycles. The Morgan fingerprint density at radius 2 is 1.94 bits per heavy atom. The number of esters is 1. The number of carbonyl (C=O) groups is 2. The Kier molecular flexibility index (Phi) is 5.28. The van der Waals surface area contributed by atoms with E-state index in [-0.39, 0.29) is 40.6 Å². The Bertz CT molecular complexity index is 911. The molecule has 5 rings (SSSR count). The SMILES string of the molecule is CCOC(=O)C1(C(=O)CC(C)C)CC2(C)C3Cc4ccc(OC)cc4C2(C)CC1N3C. The number of hydrogen-bond donors (Lipinski definition) is 0. The number of likely N-dealkylation sites (N-methyl/N-ethyl adjacent to an activating group) is 1. The molecule has 5 heteroatoms. The maximum Gasteiger partial charge on any atom is 0.321 e. The molecule has 0 spiro atoms. The predicted octanol–water partition coefficient (Wildman–Crippen LogP) is 4.16. The van der Waals surface area contributed by atoms with Crippen LogP contribution in [0.2, 0.25) is 0 Å². The van der Waals surface area contributed by atoms with Gasteiger partial charge in [-0.2, -0.15) is 0 Å². The van der Waals surface area contributed by atoms with Crippen LogP contribution in [0.4, 0.5) is 0 Å². The summed E-state index contributed by atoms with van der Waals surface area (Å²) in [6, 6.07) is 6.54. The lowest BCUT2D eigenvalue weighted by Gasteiger charge is -2.71. The van der Waals surface area contributed by atoms with E-state index in [9.17, 15) is 9.59 Å². The highest BCUT2D eigenvalue weighted by atomic mass is 16.5. The van der Waals surface area contributed by atoms with Crippen LogP contribution in [0, 0.1) is 16.7 Å². The van der Waals surface area contributed by atoms with Crippen molar-refractivity contribution in [2.45, 2.75) is 77.8 Å². The Hall–Kier alpha value is -1.88. The second-order valence-electron chi connectivity index (χ2n) is 10.8. The summed E-state index contributed by atoms with van der Waals surface area (Å²) in [5.74, 6) is 0.799. The molecule has 3 fully saturated rings. The van der Waals surface area contributed by atoms with E-state index in [2.05, 4.69) is 37.9 Å². The third-order valence-corrected chi connectivity index (χ3v) is 8.85. The molecule has 2 aliphatic carbocycles. The second kappa shape index (κ2) is 7.33. The third kappa shape index (κ3) is 2.84. The molecule has 0 N–H and O–H groups in total. The Labute approximate surface area is 186 Å². The molecule has 0 aromatic heterocycles. The standard InChI is InChI=1S/C26H37NO4/c1-8-31-23(29)26(22(28)11-16(2)3)15-25(5)20-12-17-9-10-18(30-7)13-19(17)24(25,4)14-21(26)27(20)6/h9-10,13,16,20-21H,8,11-12,14-15H2,1-7H3. The quantitative estimate of drug-likeness (QED) is 0.504. The van der Waals surface area contributed by atoms with Crippen LogP contribution >= 0.6 is 0 Å². The van der Waals surface area contributed by atoms with Crippen molar-refractivity contribution in [1.82, 2.24) is 4.90 Å². The number of rotatable bonds is 6. The van der Waals surface area contributed by atoms with Crippen molar-refractivity contribution >= 4 is 11.8 Å². The summed E-state index contributed by atoms with van der Waals surface area (Å²) in [6.07, 6.45) is 2.65. The van der Waals surface area contributed by atoms with Crippen LogP contribution in [0.25, 0.3) is 0 Å². The first kappa shape index (κ1) is 22.3. The first-order valence-electron chi connectivity index (χ1n) is 11.6. The highest BCUT2D eigenvalue weighted by Gasteiger charge is 2.73. The van der Waals surface area contributed by atoms with Crippen molar-refractivity contribution in [3.63, 3.8) is 0 Å². The molecule has 170 valence electrons. The maximum atomic E-state index is 13.7. The molecular formula is C26H37NO4. The molecule has 5 unspecified atom stereocenters. The average molecular weight is 428 g/mol. The molecule has 0 amide bonds. The van der Waals surface area contributed by atoms with E-state index in [1.54, 1.807) is 7.11 Å². The van der Waals surface area contributed by atoms with Crippen molar-refractivity contribution in [3.8, 4) is 5.75 Å². The fourth-order valence-corrected chi connectivity index (χ4v) is 7.12. The molecule has 5 atom stereocenters. The molecule has 4 aliphatic rings. The lowest BCUT2D eigenvalue weighted by molar-refractivity contribution is -0.208. The highest BCUT2D eigenvalue weighted by molar-refractivity contribution is 6.05. The zero-order chi connectivity index (χ0) is 22.8. The number of carbonyl (C=O) groups excluding carboxylic acids is 2. The van der Waals surface area contributed by atoms with E-state index in [1.165, 1.54) is 11.1 Å². The van der Waals surface area contributed by atoms with Gasteiger partial charge in [-0.3, -0.25) is 14.5 Å². The summed E-state index contributed by atoms with van der Waals surface area (Å²) >= 11 is 0. The van der Waals surface area contributed by atoms with Crippen LogP contribution in [0.3, 0.4) is 0 Å². The van der Waals surface area contributed by atoms with Gasteiger partial charge in [0, 0.05) is 23.9 Å². The summed E-state index contributed by atoms with van der Waals surface area (Å²) in [7, 11) is 3.81. The minimum Gasteiger partial charge on any atom is -0.497 e. The normalized spacial score (nSPS) is 36.3. The van der Waals surface area contributed by atoms with E-state index in [0.29, 0.717) is 19.4 Å². The molecule has 1 saturated carbocycles. The number of Topliss-reactive ketones (excluding diaryl/α,β-unsaturated/α-hetero) is 1. The first-order valence-corrected chi connectivity index (χ1v) is 11.6. The molecule has 31 heavy (non-hydrogen) atoms. The fraction of sp³-hybridized carbons (Fsp3) is 0.692. The summed E-state index contributed by atoms with van der Waals surface area (Å²) in [5, 5.41) is 0. The van der Waals surface area contributed by atoms with Crippen LogP contribution in [-0.2, 0) is 26.2 Å². The molecule has 0 radical (unpaired) electrons. The molecule has 5 nitrogen and oxygen atoms in total. The number of nitrogens with zero attached hydrogens (tertiary/aromatic N) is 1. The lowest BCUT2D eigenvalue weighted by atomic mass is 9.39. The summed E-state index contributed by atoms with van der Waals surface area (Å²) in [5.41, 5.74) is 1.22. The minimum atomic E-state index is -1.09. The van der Waals surface area contributed by atoms with Crippen LogP contribution in [0.5, 0.6) is 5.75 Å². The van der Waals surface area contributed by atoms with Gasteiger partial charge in [0.1, 0.15) is 11.2 Å². The van der Waals surface area contributed by atoms with E-state index in [4.69, 9.17) is 9.47 Å². The number of piperidine rings is 2. The number of methoxy groups -OCH3 is 1. The van der Waals surface area contributed by atoms with E-state index in [1.807, 2.05) is 26.8 Å². The average Bonchev–Trinajstić information content (AvgIpc) is 2.71. The monoisotopic (exact) mass is 427 g/mol. The molecule has 1 aromatic carbocycles. The maximum absolute atomic E-state index is 13.7. The number of ether oxygens (including phenoxy) is 2. The van der Waals surface area contributed by atoms with Gasteiger partial charge in [0.25, 0.3) is 0 Å². The lowest BCUT2D eigenvalue weighted by Crippen LogP contribution is -2.78. The largest absolute Gasteiger partial charge is 0.497 e. The van der Waals surface area contributed by atoms with Crippen molar-refractivity contribution in [2.75, 3.05) is 20.8 Å². The Morgan fingerprint density at radius 3 is 2.55 bits per heavy atom. The summed E-state index contributed by atoms with van der Waals surface area (Å²) in [6.45, 7) is 10.8. The van der Waals surface area contributed by atoms with Gasteiger partial charge in [-0.25, -0.2) is 0 Å². The molecule has 2 aliphatic heterocycles. The van der Waals surface area contributed by atoms with E-state index in [0.717, 1.165) is 18.6 Å². The topological polar surface area (TPSA) is 55.8 Å². The molecular weight excluding hydrogens is 390 g/mol. The highest BCUT2D eigenvalue weighted by Crippen LogP contribution is 2.68. The van der Waals surface area contributed by atoms with E-state index < -0.39 is 5.41 Å². The zero-order valence-electron chi connectivity index (χ0n) is 20.1. The van der Waals surface area contributed by atoms with Gasteiger partial charge in [-0.1, -0.05) is 33.8 Å². The fourth-order valence-electron chi connectivity index (χ4n) is 7.12. The van der Waals surface area contributed by atoms with Crippen molar-refractivity contribution in [1.29, 1.82) is 0 Å². The minimum absolute atomic E-state index is 0.0518. The molecule has 1 aromatic rings. The van der Waals surface area contributed by atoms with Gasteiger partial charge >= 0.3 is 5.97 Å². The van der Waals surface area contributed by atoms with Crippen LogP contribution in [-0.4, -0.2) is 49.5 Å². The number of ketones is 1. The molecule has 4 bridgehead atoms. The molecule has 2 saturated heterocycles. The summed E-state index contributed by atoms with van der Waals surface area (Å²) in [4.78, 5) is 29.6. The zero-order valence-corrected chi connectivity index (χ0v) is 20.1. The van der Waals surface area contributed by atoms with E-state index >= 15 is 0 Å². The number of benzene rings is 1. The third-order valence-electron chi connectivity index (χ3n) is 8.85. The smallest absolute Gasteiger partial charge is 0.321 e. The predicted molar refractivity (Wildman–Crippen MR) is 120 cm³/mol. The Balaban J connectivity index is 1.88. The second-order valence-corrected chi connectivity index (χ2v) is 10.8. The van der Waals surface area contributed by atoms with Gasteiger partial charge in [0.2, 0.25) is 0 Å². The number of hydrogen-bond acceptors (Lipinski definition) is 5. The van der Waals surface area contributed by atoms with Gasteiger partial charge in [-0.05, 0) is 67.8 Å². The van der Waals surface area contributed by atoms with Gasteiger partial charge in [0.15, 0.2) is 5.78 Å². The van der Waals surface area contributed by atoms with Crippen molar-refractivity contribution < 1.29 is 19.1 Å². The van der Waals surface area contributed by atoms with Crippen LogP contribution in [0.1, 0.15) is 65.0 Å². The van der Waals surface area contributed by atoms with Crippen molar-refractivity contribution in [3.05, 3.63) is 29.3 Å². The van der Waals surface area contributed by atoms with Gasteiger partial charge in [-0.15, -0.1) is 0 Å². The van der Waals surface area contributed by atoms with Crippen molar-refractivity contribution in [2.24, 2.45) is 16.7 Å². The van der Waals surface area contributed by atoms with Crippen LogP contribution in [0.15, 0.2) is 18.2 Å².